The third-order valence-electron chi connectivity index (χ3n) is 8.34. The average molecular weight is 573 g/mol. The number of piperidine rings is 1. The number of hydrogen-bond donors (Lipinski definition) is 3. The van der Waals surface area contributed by atoms with Crippen LogP contribution in [-0.4, -0.2) is 82.0 Å². The molecule has 3 amide bonds. The van der Waals surface area contributed by atoms with Crippen molar-refractivity contribution in [3.63, 3.8) is 0 Å². The van der Waals surface area contributed by atoms with Crippen LogP contribution in [0.5, 0.6) is 0 Å². The van der Waals surface area contributed by atoms with Crippen LogP contribution < -0.4 is 10.6 Å². The van der Waals surface area contributed by atoms with Gasteiger partial charge in [-0.15, -0.1) is 24.8 Å². The quantitative estimate of drug-likeness (QED) is 0.442. The molecule has 3 heterocycles. The number of nitrogens with zero attached hydrogens (tertiary/aromatic N) is 3. The molecule has 0 aromatic carbocycles. The van der Waals surface area contributed by atoms with Gasteiger partial charge in [0.15, 0.2) is 0 Å². The van der Waals surface area contributed by atoms with Gasteiger partial charge in [-0.2, -0.15) is 0 Å². The van der Waals surface area contributed by atoms with Gasteiger partial charge in [-0.3, -0.25) is 24.3 Å². The van der Waals surface area contributed by atoms with E-state index in [0.29, 0.717) is 44.7 Å². The van der Waals surface area contributed by atoms with E-state index in [9.17, 15) is 19.5 Å². The summed E-state index contributed by atoms with van der Waals surface area (Å²) >= 11 is 0. The van der Waals surface area contributed by atoms with Crippen LogP contribution in [0.1, 0.15) is 80.8 Å². The maximum absolute atomic E-state index is 13.7. The number of carbonyl (C=O) groups is 3. The Morgan fingerprint density at radius 3 is 2.45 bits per heavy atom. The summed E-state index contributed by atoms with van der Waals surface area (Å²) in [6.07, 6.45) is 8.91. The molecule has 3 aliphatic rings. The molecule has 214 valence electrons. The Hall–Kier alpha value is -1.94. The number of halogens is 2. The van der Waals surface area contributed by atoms with E-state index in [0.717, 1.165) is 44.1 Å². The Balaban J connectivity index is 0.00000253. The summed E-state index contributed by atoms with van der Waals surface area (Å²) < 4.78 is 0. The highest BCUT2D eigenvalue weighted by Gasteiger charge is 2.55. The lowest BCUT2D eigenvalue weighted by Gasteiger charge is -2.52. The molecule has 0 radical (unpaired) electrons. The van der Waals surface area contributed by atoms with Crippen molar-refractivity contribution < 1.29 is 19.5 Å². The molecule has 3 N–H and O–H groups in total. The average Bonchev–Trinajstić information content (AvgIpc) is 2.92. The minimum Gasteiger partial charge on any atom is -0.390 e. The molecule has 2 saturated heterocycles. The predicted octanol–water partition coefficient (Wildman–Crippen LogP) is 2.69. The van der Waals surface area contributed by atoms with Gasteiger partial charge < -0.3 is 20.6 Å². The number of aliphatic hydroxyl groups excluding tert-OH is 1. The summed E-state index contributed by atoms with van der Waals surface area (Å²) in [5, 5.41) is 16.6. The Morgan fingerprint density at radius 1 is 1.18 bits per heavy atom. The fourth-order valence-electron chi connectivity index (χ4n) is 6.08. The smallest absolute Gasteiger partial charge is 0.269 e. The molecule has 11 heteroatoms. The van der Waals surface area contributed by atoms with Crippen LogP contribution >= 0.6 is 24.8 Å². The first-order valence-corrected chi connectivity index (χ1v) is 13.6. The highest BCUT2D eigenvalue weighted by molar-refractivity contribution is 6.00. The molecule has 0 unspecified atom stereocenters. The molecular formula is C27H43Cl2N5O4. The number of piperazine rings is 1. The zero-order chi connectivity index (χ0) is 25.7. The van der Waals surface area contributed by atoms with E-state index in [1.807, 2.05) is 11.0 Å². The van der Waals surface area contributed by atoms with Gasteiger partial charge in [0.1, 0.15) is 17.3 Å². The number of aliphatic hydroxyl groups is 1. The number of amides is 3. The fourth-order valence-corrected chi connectivity index (χ4v) is 6.08. The summed E-state index contributed by atoms with van der Waals surface area (Å²) in [6, 6.07) is 2.78. The number of unbranched alkanes of at least 4 members (excludes halogenated alkanes) is 1. The second-order valence-electron chi connectivity index (χ2n) is 10.6. The predicted molar refractivity (Wildman–Crippen MR) is 150 cm³/mol. The van der Waals surface area contributed by atoms with Gasteiger partial charge in [-0.25, -0.2) is 0 Å². The molecule has 1 aromatic rings. The molecule has 1 aromatic heterocycles. The van der Waals surface area contributed by atoms with Crippen molar-refractivity contribution in [1.82, 2.24) is 25.4 Å². The molecule has 1 saturated carbocycles. The van der Waals surface area contributed by atoms with Gasteiger partial charge >= 0.3 is 0 Å². The number of carbonyl (C=O) groups excluding carboxylic acids is 3. The van der Waals surface area contributed by atoms with Crippen molar-refractivity contribution in [1.29, 1.82) is 0 Å². The van der Waals surface area contributed by atoms with E-state index in [4.69, 9.17) is 0 Å². The summed E-state index contributed by atoms with van der Waals surface area (Å²) in [5.41, 5.74) is 0.529. The van der Waals surface area contributed by atoms with Crippen molar-refractivity contribution >= 4 is 42.5 Å². The third kappa shape index (κ3) is 6.79. The molecule has 1 spiro atoms. The topological polar surface area (TPSA) is 115 Å². The van der Waals surface area contributed by atoms with Crippen LogP contribution in [0, 0.1) is 5.92 Å². The molecular weight excluding hydrogens is 529 g/mol. The third-order valence-corrected chi connectivity index (χ3v) is 8.34. The maximum Gasteiger partial charge on any atom is 0.269 e. The first-order valence-electron chi connectivity index (χ1n) is 13.6. The van der Waals surface area contributed by atoms with Gasteiger partial charge in [0, 0.05) is 39.4 Å². The molecule has 2 atom stereocenters. The van der Waals surface area contributed by atoms with E-state index < -0.39 is 17.7 Å². The summed E-state index contributed by atoms with van der Waals surface area (Å²) in [7, 11) is 1.58. The lowest BCUT2D eigenvalue weighted by Crippen LogP contribution is -2.75. The first-order chi connectivity index (χ1) is 17.4. The Kier molecular flexibility index (Phi) is 12.3. The van der Waals surface area contributed by atoms with E-state index in [1.165, 1.54) is 6.42 Å². The maximum atomic E-state index is 13.7. The summed E-state index contributed by atoms with van der Waals surface area (Å²) in [6.45, 7) is 4.65. The van der Waals surface area contributed by atoms with Gasteiger partial charge in [0.2, 0.25) is 11.8 Å². The Labute approximate surface area is 238 Å². The lowest BCUT2D eigenvalue weighted by atomic mass is 9.78. The highest BCUT2D eigenvalue weighted by Crippen LogP contribution is 2.36. The molecule has 3 fully saturated rings. The normalized spacial score (nSPS) is 22.7. The van der Waals surface area contributed by atoms with Crippen molar-refractivity contribution in [2.75, 3.05) is 26.7 Å². The fraction of sp³-hybridized carbons (Fsp3) is 0.704. The minimum absolute atomic E-state index is 0. The second kappa shape index (κ2) is 14.4. The van der Waals surface area contributed by atoms with Crippen LogP contribution in [0.25, 0.3) is 0 Å². The number of likely N-dealkylation sites (tertiary alicyclic amines) is 1. The second-order valence-corrected chi connectivity index (χ2v) is 10.6. The summed E-state index contributed by atoms with van der Waals surface area (Å²) in [5.74, 6) is -0.383. The largest absolute Gasteiger partial charge is 0.390 e. The number of rotatable bonds is 8. The Morgan fingerprint density at radius 2 is 1.87 bits per heavy atom. The van der Waals surface area contributed by atoms with Crippen molar-refractivity contribution in [2.24, 2.45) is 5.92 Å². The van der Waals surface area contributed by atoms with E-state index in [-0.39, 0.29) is 48.5 Å². The number of pyridine rings is 1. The molecule has 1 aliphatic carbocycles. The SMILES string of the molecule is CCCCN1C(=O)[C@@H]([C@H](O)C2CCCCC2)NC(=O)C12CCN(Cc1ccc(C(=O)NC)nc1)CC2.Cl.Cl. The summed E-state index contributed by atoms with van der Waals surface area (Å²) in [4.78, 5) is 47.4. The van der Waals surface area contributed by atoms with Crippen LogP contribution in [0.3, 0.4) is 0 Å². The molecule has 2 aliphatic heterocycles. The van der Waals surface area contributed by atoms with Gasteiger partial charge in [0.25, 0.3) is 5.91 Å². The van der Waals surface area contributed by atoms with Crippen LogP contribution in [0.15, 0.2) is 18.3 Å². The van der Waals surface area contributed by atoms with Crippen molar-refractivity contribution in [3.8, 4) is 0 Å². The van der Waals surface area contributed by atoms with Crippen molar-refractivity contribution in [2.45, 2.75) is 88.9 Å². The van der Waals surface area contributed by atoms with E-state index in [1.54, 1.807) is 19.3 Å². The molecule has 9 nitrogen and oxygen atoms in total. The van der Waals surface area contributed by atoms with Crippen LogP contribution in [0.2, 0.25) is 0 Å². The van der Waals surface area contributed by atoms with Crippen molar-refractivity contribution in [3.05, 3.63) is 29.6 Å². The number of hydrogen-bond acceptors (Lipinski definition) is 6. The zero-order valence-corrected chi connectivity index (χ0v) is 24.1. The Bertz CT molecular complexity index is 934. The number of aromatic nitrogens is 1. The lowest BCUT2D eigenvalue weighted by molar-refractivity contribution is -0.166. The van der Waals surface area contributed by atoms with Crippen LogP contribution in [0.4, 0.5) is 0 Å². The van der Waals surface area contributed by atoms with Gasteiger partial charge in [0.05, 0.1) is 6.10 Å². The van der Waals surface area contributed by atoms with Gasteiger partial charge in [-0.05, 0) is 49.7 Å². The number of nitrogens with one attached hydrogen (secondary N) is 2. The van der Waals surface area contributed by atoms with Gasteiger partial charge in [-0.1, -0.05) is 38.7 Å². The first kappa shape index (κ1) is 32.3. The monoisotopic (exact) mass is 571 g/mol. The molecule has 4 rings (SSSR count). The van der Waals surface area contributed by atoms with Crippen LogP contribution in [-0.2, 0) is 16.1 Å². The van der Waals surface area contributed by atoms with E-state index in [2.05, 4.69) is 27.4 Å². The van der Waals surface area contributed by atoms with E-state index >= 15 is 0 Å². The molecule has 0 bridgehead atoms. The highest BCUT2D eigenvalue weighted by atomic mass is 35.5. The molecule has 38 heavy (non-hydrogen) atoms. The zero-order valence-electron chi connectivity index (χ0n) is 22.5. The standard InChI is InChI=1S/C27H41N5O4.2ClH/c1-3-4-14-32-25(35)22(23(33)20-8-6-5-7-9-20)30-26(36)27(32)12-15-31(16-13-27)18-19-10-11-21(29-17-19)24(34)28-2;;/h10-11,17,20,22-23,33H,3-9,12-16,18H2,1-2H3,(H,28,34)(H,30,36);2*1H/t22-,23-;;/m1../s1. The minimum atomic E-state index is -0.854.